The van der Waals surface area contributed by atoms with Crippen LogP contribution in [0.2, 0.25) is 0 Å². The van der Waals surface area contributed by atoms with E-state index >= 15 is 0 Å². The molecule has 1 heterocycles. The van der Waals surface area contributed by atoms with Gasteiger partial charge in [-0.15, -0.1) is 0 Å². The average molecular weight is 416 g/mol. The molecule has 0 saturated heterocycles. The highest BCUT2D eigenvalue weighted by atomic mass is 32.2. The molecule has 0 saturated carbocycles. The predicted molar refractivity (Wildman–Crippen MR) is 112 cm³/mol. The first-order valence-corrected chi connectivity index (χ1v) is 10.7. The predicted octanol–water partition coefficient (Wildman–Crippen LogP) is 2.82. The van der Waals surface area contributed by atoms with E-state index in [0.29, 0.717) is 5.69 Å². The van der Waals surface area contributed by atoms with E-state index in [1.54, 1.807) is 25.1 Å². The Morgan fingerprint density at radius 2 is 1.45 bits per heavy atom. The molecule has 0 spiro atoms. The van der Waals surface area contributed by atoms with Gasteiger partial charge >= 0.3 is 0 Å². The maximum absolute atomic E-state index is 13.5. The van der Waals surface area contributed by atoms with Gasteiger partial charge in [-0.05, 0) is 12.1 Å². The minimum Gasteiger partial charge on any atom is -0.383 e. The largest absolute Gasteiger partial charge is 0.383 e. The number of rotatable bonds is 10. The molecule has 0 aliphatic rings. The van der Waals surface area contributed by atoms with E-state index in [1.165, 1.54) is 4.31 Å². The maximum atomic E-state index is 13.5. The lowest BCUT2D eigenvalue weighted by molar-refractivity contribution is 0.150. The van der Waals surface area contributed by atoms with Crippen LogP contribution in [-0.2, 0) is 19.5 Å². The van der Waals surface area contributed by atoms with E-state index in [0.717, 1.165) is 11.3 Å². The van der Waals surface area contributed by atoms with Crippen molar-refractivity contribution in [1.82, 2.24) is 14.1 Å². The van der Waals surface area contributed by atoms with E-state index in [9.17, 15) is 8.42 Å². The molecule has 3 rings (SSSR count). The van der Waals surface area contributed by atoms with Crippen molar-refractivity contribution < 1.29 is 17.9 Å². The number of hydrogen-bond acceptors (Lipinski definition) is 5. The molecule has 0 aliphatic heterocycles. The van der Waals surface area contributed by atoms with Crippen molar-refractivity contribution in [2.24, 2.45) is 0 Å². The Hall–Kier alpha value is -2.52. The van der Waals surface area contributed by atoms with Crippen LogP contribution in [0.25, 0.3) is 16.9 Å². The number of sulfonamides is 1. The first-order valence-electron chi connectivity index (χ1n) is 9.26. The molecule has 8 heteroatoms. The van der Waals surface area contributed by atoms with Crippen molar-refractivity contribution in [3.63, 3.8) is 0 Å². The van der Waals surface area contributed by atoms with Gasteiger partial charge in [0, 0.05) is 32.9 Å². The summed E-state index contributed by atoms with van der Waals surface area (Å²) in [6.45, 7) is 1.03. The molecule has 0 bridgehead atoms. The number of methoxy groups -OCH3 is 2. The third-order valence-corrected chi connectivity index (χ3v) is 6.36. The third-order valence-electron chi connectivity index (χ3n) is 4.46. The molecule has 7 nitrogen and oxygen atoms in total. The van der Waals surface area contributed by atoms with E-state index < -0.39 is 10.0 Å². The van der Waals surface area contributed by atoms with E-state index in [1.807, 2.05) is 60.7 Å². The molecular weight excluding hydrogens is 390 g/mol. The second-order valence-corrected chi connectivity index (χ2v) is 8.28. The standard InChI is InChI=1S/C21H25N3O4S/c1-27-15-13-23(14-16-28-2)29(25,26)20-17-24(19-11-7-4-8-12-19)22-21(20)18-9-5-3-6-10-18/h3-12,17H,13-16H2,1-2H3. The maximum Gasteiger partial charge on any atom is 0.247 e. The Kier molecular flexibility index (Phi) is 7.16. The highest BCUT2D eigenvalue weighted by Gasteiger charge is 2.30. The minimum atomic E-state index is -3.82. The van der Waals surface area contributed by atoms with E-state index in [4.69, 9.17) is 9.47 Å². The van der Waals surface area contributed by atoms with Crippen molar-refractivity contribution in [3.8, 4) is 16.9 Å². The highest BCUT2D eigenvalue weighted by Crippen LogP contribution is 2.29. The summed E-state index contributed by atoms with van der Waals surface area (Å²) >= 11 is 0. The van der Waals surface area contributed by atoms with Crippen LogP contribution in [0.1, 0.15) is 0 Å². The Balaban J connectivity index is 2.11. The normalized spacial score (nSPS) is 11.8. The minimum absolute atomic E-state index is 0.153. The van der Waals surface area contributed by atoms with Crippen LogP contribution >= 0.6 is 0 Å². The quantitative estimate of drug-likeness (QED) is 0.509. The van der Waals surface area contributed by atoms with Crippen molar-refractivity contribution in [1.29, 1.82) is 0 Å². The van der Waals surface area contributed by atoms with Gasteiger partial charge in [-0.2, -0.15) is 9.40 Å². The van der Waals surface area contributed by atoms with Crippen LogP contribution in [0.15, 0.2) is 71.8 Å². The third kappa shape index (κ3) is 4.91. The summed E-state index contributed by atoms with van der Waals surface area (Å²) in [6.07, 6.45) is 1.57. The average Bonchev–Trinajstić information content (AvgIpc) is 3.21. The summed E-state index contributed by atoms with van der Waals surface area (Å²) in [5.41, 5.74) is 1.93. The highest BCUT2D eigenvalue weighted by molar-refractivity contribution is 7.89. The first kappa shape index (κ1) is 21.2. The molecule has 0 aliphatic carbocycles. The lowest BCUT2D eigenvalue weighted by Gasteiger charge is -2.21. The summed E-state index contributed by atoms with van der Waals surface area (Å²) in [6, 6.07) is 18.7. The van der Waals surface area contributed by atoms with E-state index in [-0.39, 0.29) is 31.2 Å². The summed E-state index contributed by atoms with van der Waals surface area (Å²) in [7, 11) is -0.730. The Morgan fingerprint density at radius 1 is 0.897 bits per heavy atom. The Labute approximate surface area is 171 Å². The molecule has 0 fully saturated rings. The van der Waals surface area contributed by atoms with Crippen molar-refractivity contribution >= 4 is 10.0 Å². The molecule has 0 N–H and O–H groups in total. The smallest absolute Gasteiger partial charge is 0.247 e. The number of aromatic nitrogens is 2. The number of benzene rings is 2. The fraction of sp³-hybridized carbons (Fsp3) is 0.286. The molecule has 1 aromatic heterocycles. The summed E-state index contributed by atoms with van der Waals surface area (Å²) in [5, 5.41) is 4.61. The van der Waals surface area contributed by atoms with Crippen LogP contribution in [-0.4, -0.2) is 63.0 Å². The molecule has 29 heavy (non-hydrogen) atoms. The molecule has 2 aromatic carbocycles. The van der Waals surface area contributed by atoms with Crippen molar-refractivity contribution in [3.05, 3.63) is 66.9 Å². The number of nitrogens with zero attached hydrogens (tertiary/aromatic N) is 3. The lowest BCUT2D eigenvalue weighted by atomic mass is 10.2. The van der Waals surface area contributed by atoms with E-state index in [2.05, 4.69) is 5.10 Å². The zero-order valence-electron chi connectivity index (χ0n) is 16.6. The fourth-order valence-corrected chi connectivity index (χ4v) is 4.48. The van der Waals surface area contributed by atoms with Gasteiger partial charge in [0.15, 0.2) is 0 Å². The van der Waals surface area contributed by atoms with Crippen LogP contribution < -0.4 is 0 Å². The Bertz CT molecular complexity index is 997. The van der Waals surface area contributed by atoms with Crippen LogP contribution in [0.3, 0.4) is 0 Å². The summed E-state index contributed by atoms with van der Waals surface area (Å²) < 4.78 is 40.3. The topological polar surface area (TPSA) is 73.7 Å². The molecule has 3 aromatic rings. The van der Waals surface area contributed by atoms with Crippen molar-refractivity contribution in [2.45, 2.75) is 4.90 Å². The van der Waals surface area contributed by atoms with Gasteiger partial charge < -0.3 is 9.47 Å². The molecular formula is C21H25N3O4S. The number of ether oxygens (including phenoxy) is 2. The van der Waals surface area contributed by atoms with Gasteiger partial charge in [0.1, 0.15) is 10.6 Å². The van der Waals surface area contributed by atoms with Gasteiger partial charge in [-0.3, -0.25) is 0 Å². The molecule has 0 radical (unpaired) electrons. The second-order valence-electron chi connectivity index (χ2n) is 6.38. The first-order chi connectivity index (χ1) is 14.1. The SMILES string of the molecule is COCCN(CCOC)S(=O)(=O)c1cn(-c2ccccc2)nc1-c1ccccc1. The summed E-state index contributed by atoms with van der Waals surface area (Å²) in [4.78, 5) is 0.153. The Morgan fingerprint density at radius 3 is 2.00 bits per heavy atom. The zero-order valence-corrected chi connectivity index (χ0v) is 17.4. The second kappa shape index (κ2) is 9.80. The van der Waals surface area contributed by atoms with Gasteiger partial charge in [-0.25, -0.2) is 13.1 Å². The van der Waals surface area contributed by atoms with Gasteiger partial charge in [0.25, 0.3) is 0 Å². The lowest BCUT2D eigenvalue weighted by Crippen LogP contribution is -2.36. The molecule has 154 valence electrons. The van der Waals surface area contributed by atoms with Crippen LogP contribution in [0.5, 0.6) is 0 Å². The van der Waals surface area contributed by atoms with Crippen LogP contribution in [0.4, 0.5) is 0 Å². The zero-order chi connectivity index (χ0) is 20.7. The molecule has 0 unspecified atom stereocenters. The monoisotopic (exact) mass is 415 g/mol. The van der Waals surface area contributed by atoms with Gasteiger partial charge in [0.2, 0.25) is 10.0 Å². The molecule has 0 atom stereocenters. The summed E-state index contributed by atoms with van der Waals surface area (Å²) in [5.74, 6) is 0. The molecule has 0 amide bonds. The van der Waals surface area contributed by atoms with Crippen molar-refractivity contribution in [2.75, 3.05) is 40.5 Å². The number of hydrogen-bond donors (Lipinski definition) is 0. The van der Waals surface area contributed by atoms with Gasteiger partial charge in [0.05, 0.1) is 25.1 Å². The van der Waals surface area contributed by atoms with Crippen LogP contribution in [0, 0.1) is 0 Å². The fourth-order valence-electron chi connectivity index (χ4n) is 2.93. The van der Waals surface area contributed by atoms with Gasteiger partial charge in [-0.1, -0.05) is 48.5 Å². The number of para-hydroxylation sites is 1.